The first-order chi connectivity index (χ1) is 10.8. The van der Waals surface area contributed by atoms with E-state index in [1.54, 1.807) is 0 Å². The zero-order valence-electron chi connectivity index (χ0n) is 12.6. The smallest absolute Gasteiger partial charge is 0.0409 e. The summed E-state index contributed by atoms with van der Waals surface area (Å²) in [6.45, 7) is 2.44. The van der Waals surface area contributed by atoms with E-state index >= 15 is 0 Å². The molecule has 2 heterocycles. The normalized spacial score (nSPS) is 21.8. The highest BCUT2D eigenvalue weighted by atomic mass is 35.5. The van der Waals surface area contributed by atoms with E-state index < -0.39 is 0 Å². The van der Waals surface area contributed by atoms with Gasteiger partial charge in [-0.2, -0.15) is 0 Å². The molecule has 0 amide bonds. The minimum atomic E-state index is 0.490. The van der Waals surface area contributed by atoms with Crippen molar-refractivity contribution in [2.45, 2.75) is 41.5 Å². The van der Waals surface area contributed by atoms with Crippen LogP contribution in [0.5, 0.6) is 0 Å². The largest absolute Gasteiger partial charge is 0.296 e. The maximum atomic E-state index is 6.25. The predicted octanol–water partition coefficient (Wildman–Crippen LogP) is 5.57. The maximum absolute atomic E-state index is 6.25. The number of hydrogen-bond donors (Lipinski definition) is 0. The van der Waals surface area contributed by atoms with Crippen LogP contribution >= 0.6 is 23.4 Å². The van der Waals surface area contributed by atoms with Gasteiger partial charge in [0.2, 0.25) is 0 Å². The molecule has 0 unspecified atom stereocenters. The van der Waals surface area contributed by atoms with Gasteiger partial charge in [-0.05, 0) is 67.7 Å². The van der Waals surface area contributed by atoms with Crippen molar-refractivity contribution in [2.24, 2.45) is 0 Å². The van der Waals surface area contributed by atoms with Gasteiger partial charge in [-0.15, -0.1) is 0 Å². The number of likely N-dealkylation sites (tertiary alicyclic amines) is 1. The molecule has 1 saturated heterocycles. The molecular formula is C19H20ClNS. The average Bonchev–Trinajstić information content (AvgIpc) is 2.72. The number of halogens is 1. The van der Waals surface area contributed by atoms with Crippen molar-refractivity contribution in [3.05, 3.63) is 58.6 Å². The summed E-state index contributed by atoms with van der Waals surface area (Å²) in [4.78, 5) is 5.44. The van der Waals surface area contributed by atoms with Crippen LogP contribution in [0.2, 0.25) is 5.02 Å². The number of piperidine rings is 1. The summed E-state index contributed by atoms with van der Waals surface area (Å²) in [5.74, 6) is 0. The second-order valence-electron chi connectivity index (χ2n) is 6.21. The van der Waals surface area contributed by atoms with Gasteiger partial charge in [0.1, 0.15) is 0 Å². The van der Waals surface area contributed by atoms with Gasteiger partial charge in [0, 0.05) is 20.9 Å². The van der Waals surface area contributed by atoms with Crippen LogP contribution in [0.25, 0.3) is 0 Å². The Labute approximate surface area is 141 Å². The van der Waals surface area contributed by atoms with Gasteiger partial charge in [0.05, 0.1) is 0 Å². The van der Waals surface area contributed by atoms with Crippen molar-refractivity contribution >= 4 is 23.4 Å². The third-order valence-electron chi connectivity index (χ3n) is 4.77. The van der Waals surface area contributed by atoms with E-state index in [1.807, 2.05) is 17.8 Å². The van der Waals surface area contributed by atoms with E-state index in [1.165, 1.54) is 53.3 Å². The number of fused-ring (bicyclic) bond motifs is 2. The molecule has 4 rings (SSSR count). The molecule has 0 aliphatic carbocycles. The molecule has 0 aromatic heterocycles. The molecular weight excluding hydrogens is 310 g/mol. The molecule has 2 aliphatic heterocycles. The Hall–Kier alpha value is -0.960. The molecule has 0 N–H and O–H groups in total. The lowest BCUT2D eigenvalue weighted by molar-refractivity contribution is 0.160. The van der Waals surface area contributed by atoms with Crippen molar-refractivity contribution in [3.8, 4) is 0 Å². The number of nitrogens with zero attached hydrogens (tertiary/aromatic N) is 1. The quantitative estimate of drug-likeness (QED) is 0.672. The molecule has 1 fully saturated rings. The fraction of sp³-hybridized carbons (Fsp3) is 0.368. The van der Waals surface area contributed by atoms with Gasteiger partial charge in [-0.1, -0.05) is 48.0 Å². The summed E-state index contributed by atoms with van der Waals surface area (Å²) in [5, 5.41) is 0.850. The van der Waals surface area contributed by atoms with Gasteiger partial charge in [0.15, 0.2) is 0 Å². The van der Waals surface area contributed by atoms with Crippen LogP contribution in [0.3, 0.4) is 0 Å². The van der Waals surface area contributed by atoms with Gasteiger partial charge in [-0.25, -0.2) is 0 Å². The topological polar surface area (TPSA) is 3.24 Å². The van der Waals surface area contributed by atoms with Crippen molar-refractivity contribution in [3.63, 3.8) is 0 Å². The van der Waals surface area contributed by atoms with Crippen LogP contribution in [0, 0.1) is 0 Å². The lowest BCUT2D eigenvalue weighted by Crippen LogP contribution is -2.34. The van der Waals surface area contributed by atoms with Crippen molar-refractivity contribution in [1.82, 2.24) is 4.90 Å². The third kappa shape index (κ3) is 2.80. The van der Waals surface area contributed by atoms with Gasteiger partial charge in [0.25, 0.3) is 0 Å². The molecule has 114 valence electrons. The van der Waals surface area contributed by atoms with Crippen LogP contribution in [0.1, 0.15) is 36.4 Å². The highest BCUT2D eigenvalue weighted by Crippen LogP contribution is 2.43. The summed E-state index contributed by atoms with van der Waals surface area (Å²) in [7, 11) is 0. The SMILES string of the molecule is Clc1ccc2c(c1)C[C@@H](N1CCCCC1)c1ccccc1S2. The van der Waals surface area contributed by atoms with Crippen molar-refractivity contribution < 1.29 is 0 Å². The van der Waals surface area contributed by atoms with E-state index in [4.69, 9.17) is 11.6 Å². The van der Waals surface area contributed by atoms with E-state index in [2.05, 4.69) is 41.3 Å². The lowest BCUT2D eigenvalue weighted by Gasteiger charge is -2.35. The van der Waals surface area contributed by atoms with Gasteiger partial charge in [-0.3, -0.25) is 4.90 Å². The minimum Gasteiger partial charge on any atom is -0.296 e. The van der Waals surface area contributed by atoms with Crippen LogP contribution in [0.4, 0.5) is 0 Å². The highest BCUT2D eigenvalue weighted by molar-refractivity contribution is 7.99. The first-order valence-corrected chi connectivity index (χ1v) is 9.30. The number of hydrogen-bond acceptors (Lipinski definition) is 2. The molecule has 0 spiro atoms. The fourth-order valence-corrected chi connectivity index (χ4v) is 4.96. The Bertz CT molecular complexity index is 679. The second-order valence-corrected chi connectivity index (χ2v) is 7.73. The summed E-state index contributed by atoms with van der Waals surface area (Å²) in [5.41, 5.74) is 2.88. The number of benzene rings is 2. The Balaban J connectivity index is 1.78. The van der Waals surface area contributed by atoms with E-state index in [0.717, 1.165) is 11.4 Å². The predicted molar refractivity (Wildman–Crippen MR) is 93.9 cm³/mol. The van der Waals surface area contributed by atoms with Gasteiger partial charge >= 0.3 is 0 Å². The maximum Gasteiger partial charge on any atom is 0.0409 e. The molecule has 0 bridgehead atoms. The lowest BCUT2D eigenvalue weighted by atomic mass is 9.95. The summed E-state index contributed by atoms with van der Waals surface area (Å²) in [6, 6.07) is 15.8. The minimum absolute atomic E-state index is 0.490. The Morgan fingerprint density at radius 1 is 0.955 bits per heavy atom. The molecule has 3 heteroatoms. The fourth-order valence-electron chi connectivity index (χ4n) is 3.65. The first-order valence-electron chi connectivity index (χ1n) is 8.10. The Kier molecular flexibility index (Phi) is 4.17. The monoisotopic (exact) mass is 329 g/mol. The highest BCUT2D eigenvalue weighted by Gasteiger charge is 2.28. The van der Waals surface area contributed by atoms with Crippen molar-refractivity contribution in [2.75, 3.05) is 13.1 Å². The zero-order valence-corrected chi connectivity index (χ0v) is 14.2. The Morgan fingerprint density at radius 2 is 1.77 bits per heavy atom. The van der Waals surface area contributed by atoms with Crippen LogP contribution < -0.4 is 0 Å². The van der Waals surface area contributed by atoms with E-state index in [0.29, 0.717) is 6.04 Å². The van der Waals surface area contributed by atoms with Gasteiger partial charge < -0.3 is 0 Å². The van der Waals surface area contributed by atoms with Crippen LogP contribution in [0.15, 0.2) is 52.3 Å². The molecule has 0 saturated carbocycles. The van der Waals surface area contributed by atoms with Crippen LogP contribution in [-0.2, 0) is 6.42 Å². The van der Waals surface area contributed by atoms with Crippen LogP contribution in [-0.4, -0.2) is 18.0 Å². The number of rotatable bonds is 1. The Morgan fingerprint density at radius 3 is 2.64 bits per heavy atom. The summed E-state index contributed by atoms with van der Waals surface area (Å²) >= 11 is 8.15. The molecule has 1 nitrogen and oxygen atoms in total. The molecule has 2 aliphatic rings. The molecule has 1 atom stereocenters. The van der Waals surface area contributed by atoms with E-state index in [9.17, 15) is 0 Å². The molecule has 0 radical (unpaired) electrons. The zero-order chi connectivity index (χ0) is 14.9. The second kappa shape index (κ2) is 6.27. The molecule has 22 heavy (non-hydrogen) atoms. The first kappa shape index (κ1) is 14.6. The summed E-state index contributed by atoms with van der Waals surface area (Å²) < 4.78 is 0. The summed E-state index contributed by atoms with van der Waals surface area (Å²) in [6.07, 6.45) is 5.10. The molecule has 2 aromatic rings. The van der Waals surface area contributed by atoms with Crippen molar-refractivity contribution in [1.29, 1.82) is 0 Å². The standard InChI is InChI=1S/C19H20ClNS/c20-15-8-9-18-14(12-15)13-17(21-10-4-1-5-11-21)16-6-2-3-7-19(16)22-18/h2-3,6-9,12,17H,1,4-5,10-11,13H2/t17-/m1/s1. The molecule has 2 aromatic carbocycles. The van der Waals surface area contributed by atoms with E-state index in [-0.39, 0.29) is 0 Å². The average molecular weight is 330 g/mol. The third-order valence-corrected chi connectivity index (χ3v) is 6.21.